The third kappa shape index (κ3) is 6.45. The molecule has 0 unspecified atom stereocenters. The molecule has 2 rings (SSSR count). The fourth-order valence-corrected chi connectivity index (χ4v) is 3.36. The van der Waals surface area contributed by atoms with E-state index in [1.165, 1.54) is 24.6 Å². The Bertz CT molecular complexity index is 549. The quantitative estimate of drug-likeness (QED) is 0.450. The molecule has 1 amide bonds. The number of carbonyl (C=O) groups excluding carboxylic acids is 1. The first-order chi connectivity index (χ1) is 11.4. The van der Waals surface area contributed by atoms with Gasteiger partial charge in [-0.15, -0.1) is 0 Å². The maximum absolute atomic E-state index is 11.9. The molecule has 2 heterocycles. The summed E-state index contributed by atoms with van der Waals surface area (Å²) in [5, 5.41) is 3.86. The number of rotatable bonds is 7. The van der Waals surface area contributed by atoms with E-state index in [4.69, 9.17) is 11.6 Å². The predicted octanol–water partition coefficient (Wildman–Crippen LogP) is 2.14. The van der Waals surface area contributed by atoms with Crippen LogP contribution in [-0.4, -0.2) is 66.8 Å². The van der Waals surface area contributed by atoms with Gasteiger partial charge in [-0.05, 0) is 32.9 Å². The number of hydrogen-bond acceptors (Lipinski definition) is 6. The van der Waals surface area contributed by atoms with Crippen molar-refractivity contribution in [2.75, 3.05) is 50.9 Å². The summed E-state index contributed by atoms with van der Waals surface area (Å²) in [6.07, 6.45) is 2.33. The van der Waals surface area contributed by atoms with Crippen molar-refractivity contribution in [2.24, 2.45) is 5.92 Å². The van der Waals surface area contributed by atoms with E-state index < -0.39 is 0 Å². The lowest BCUT2D eigenvalue weighted by molar-refractivity contribution is -0.118. The number of likely N-dealkylation sites (N-methyl/N-ethyl adjacent to an activating group) is 1. The summed E-state index contributed by atoms with van der Waals surface area (Å²) in [6.45, 7) is 5.72. The highest BCUT2D eigenvalue weighted by molar-refractivity contribution is 7.99. The van der Waals surface area contributed by atoms with Gasteiger partial charge in [-0.3, -0.25) is 4.79 Å². The number of hydrogen-bond donors (Lipinski definition) is 1. The van der Waals surface area contributed by atoms with Crippen LogP contribution in [0, 0.1) is 5.92 Å². The number of nitrogens with one attached hydrogen (secondary N) is 1. The lowest BCUT2D eigenvalue weighted by Gasteiger charge is -2.31. The smallest absolute Gasteiger partial charge is 0.230 e. The summed E-state index contributed by atoms with van der Waals surface area (Å²) in [5.74, 6) is 1.90. The highest BCUT2D eigenvalue weighted by Gasteiger charge is 2.18. The first-order valence-electron chi connectivity index (χ1n) is 8.28. The van der Waals surface area contributed by atoms with E-state index in [0.29, 0.717) is 22.6 Å². The molecule has 1 aliphatic heterocycles. The third-order valence-electron chi connectivity index (χ3n) is 3.98. The van der Waals surface area contributed by atoms with Crippen molar-refractivity contribution in [1.29, 1.82) is 0 Å². The molecule has 1 aromatic rings. The van der Waals surface area contributed by atoms with Crippen LogP contribution in [0.15, 0.2) is 11.2 Å². The van der Waals surface area contributed by atoms with Crippen LogP contribution in [0.2, 0.25) is 5.15 Å². The number of halogens is 1. The van der Waals surface area contributed by atoms with Crippen LogP contribution < -0.4 is 10.2 Å². The molecule has 6 nitrogen and oxygen atoms in total. The third-order valence-corrected chi connectivity index (χ3v) is 5.02. The van der Waals surface area contributed by atoms with Gasteiger partial charge in [0, 0.05) is 32.2 Å². The molecule has 1 N–H and O–H groups in total. The Kier molecular flexibility index (Phi) is 7.58. The summed E-state index contributed by atoms with van der Waals surface area (Å²) in [6, 6.07) is 1.80. The number of piperidine rings is 1. The fourth-order valence-electron chi connectivity index (χ4n) is 2.45. The van der Waals surface area contributed by atoms with Gasteiger partial charge < -0.3 is 15.1 Å². The molecular weight excluding hydrogens is 346 g/mol. The largest absolute Gasteiger partial charge is 0.356 e. The van der Waals surface area contributed by atoms with Gasteiger partial charge in [0.15, 0.2) is 5.16 Å². The number of anilines is 1. The summed E-state index contributed by atoms with van der Waals surface area (Å²) in [7, 11) is 3.95. The summed E-state index contributed by atoms with van der Waals surface area (Å²) in [4.78, 5) is 24.9. The molecular formula is C16H26ClN5OS. The van der Waals surface area contributed by atoms with Gasteiger partial charge in [0.1, 0.15) is 11.0 Å². The van der Waals surface area contributed by atoms with Gasteiger partial charge in [-0.1, -0.05) is 30.3 Å². The van der Waals surface area contributed by atoms with Crippen LogP contribution in [0.5, 0.6) is 0 Å². The Hall–Kier alpha value is -1.05. The van der Waals surface area contributed by atoms with Crippen molar-refractivity contribution in [2.45, 2.75) is 24.9 Å². The average molecular weight is 372 g/mol. The second-order valence-corrected chi connectivity index (χ2v) is 7.77. The van der Waals surface area contributed by atoms with Crippen LogP contribution in [0.4, 0.5) is 5.82 Å². The van der Waals surface area contributed by atoms with E-state index in [2.05, 4.69) is 27.1 Å². The maximum atomic E-state index is 11.9. The summed E-state index contributed by atoms with van der Waals surface area (Å²) >= 11 is 7.46. The lowest BCUT2D eigenvalue weighted by Crippen LogP contribution is -2.33. The van der Waals surface area contributed by atoms with Crippen molar-refractivity contribution >= 4 is 35.1 Å². The van der Waals surface area contributed by atoms with E-state index in [0.717, 1.165) is 31.4 Å². The summed E-state index contributed by atoms with van der Waals surface area (Å²) < 4.78 is 0. The lowest BCUT2D eigenvalue weighted by atomic mass is 9.99. The molecule has 1 saturated heterocycles. The Balaban J connectivity index is 1.88. The Labute approximate surface area is 153 Å². The monoisotopic (exact) mass is 371 g/mol. The molecule has 1 aromatic heterocycles. The molecule has 24 heavy (non-hydrogen) atoms. The highest BCUT2D eigenvalue weighted by Crippen LogP contribution is 2.25. The standard InChI is InChI=1S/C16H26ClN5OS/c1-12-4-7-22(8-5-12)14-10-13(17)19-16(20-14)24-11-15(23)18-6-9-21(2)3/h10,12H,4-9,11H2,1-3H3,(H,18,23). The van der Waals surface area contributed by atoms with Crippen LogP contribution in [0.3, 0.4) is 0 Å². The van der Waals surface area contributed by atoms with E-state index >= 15 is 0 Å². The zero-order valence-electron chi connectivity index (χ0n) is 14.6. The minimum absolute atomic E-state index is 0.0150. The first kappa shape index (κ1) is 19.3. The van der Waals surface area contributed by atoms with Gasteiger partial charge >= 0.3 is 0 Å². The van der Waals surface area contributed by atoms with Crippen LogP contribution in [-0.2, 0) is 4.79 Å². The van der Waals surface area contributed by atoms with Gasteiger partial charge in [0.25, 0.3) is 0 Å². The van der Waals surface area contributed by atoms with Crippen molar-refractivity contribution in [1.82, 2.24) is 20.2 Å². The summed E-state index contributed by atoms with van der Waals surface area (Å²) in [5.41, 5.74) is 0. The topological polar surface area (TPSA) is 61.4 Å². The van der Waals surface area contributed by atoms with Gasteiger partial charge in [-0.25, -0.2) is 9.97 Å². The Morgan fingerprint density at radius 1 is 1.42 bits per heavy atom. The number of amides is 1. The van der Waals surface area contributed by atoms with Crippen molar-refractivity contribution in [3.63, 3.8) is 0 Å². The number of carbonyl (C=O) groups is 1. The zero-order chi connectivity index (χ0) is 17.5. The van der Waals surface area contributed by atoms with Crippen molar-refractivity contribution in [3.8, 4) is 0 Å². The fraction of sp³-hybridized carbons (Fsp3) is 0.688. The number of aromatic nitrogens is 2. The van der Waals surface area contributed by atoms with Crippen LogP contribution in [0.1, 0.15) is 19.8 Å². The van der Waals surface area contributed by atoms with E-state index in [9.17, 15) is 4.79 Å². The minimum atomic E-state index is -0.0150. The van der Waals surface area contributed by atoms with E-state index in [-0.39, 0.29) is 5.91 Å². The first-order valence-corrected chi connectivity index (χ1v) is 9.64. The molecule has 1 fully saturated rings. The van der Waals surface area contributed by atoms with Gasteiger partial charge in [-0.2, -0.15) is 0 Å². The normalized spacial score (nSPS) is 15.8. The molecule has 0 spiro atoms. The van der Waals surface area contributed by atoms with E-state index in [1.54, 1.807) is 6.07 Å². The highest BCUT2D eigenvalue weighted by atomic mass is 35.5. The Morgan fingerprint density at radius 2 is 2.12 bits per heavy atom. The molecule has 134 valence electrons. The average Bonchev–Trinajstić information content (AvgIpc) is 2.53. The predicted molar refractivity (Wildman–Crippen MR) is 99.9 cm³/mol. The molecule has 0 aromatic carbocycles. The second-order valence-electron chi connectivity index (χ2n) is 6.44. The SMILES string of the molecule is CC1CCN(c2cc(Cl)nc(SCC(=O)NCCN(C)C)n2)CC1. The molecule has 0 bridgehead atoms. The Morgan fingerprint density at radius 3 is 2.79 bits per heavy atom. The molecule has 8 heteroatoms. The molecule has 0 saturated carbocycles. The second kappa shape index (κ2) is 9.44. The van der Waals surface area contributed by atoms with Crippen LogP contribution in [0.25, 0.3) is 0 Å². The number of thioether (sulfide) groups is 1. The molecule has 0 atom stereocenters. The minimum Gasteiger partial charge on any atom is -0.356 e. The van der Waals surface area contributed by atoms with Crippen LogP contribution >= 0.6 is 23.4 Å². The maximum Gasteiger partial charge on any atom is 0.230 e. The zero-order valence-corrected chi connectivity index (χ0v) is 16.2. The van der Waals surface area contributed by atoms with Crippen molar-refractivity contribution < 1.29 is 4.79 Å². The van der Waals surface area contributed by atoms with Gasteiger partial charge in [0.05, 0.1) is 5.75 Å². The molecule has 0 aliphatic carbocycles. The molecule has 0 radical (unpaired) electrons. The number of nitrogens with zero attached hydrogens (tertiary/aromatic N) is 4. The van der Waals surface area contributed by atoms with Gasteiger partial charge in [0.2, 0.25) is 5.91 Å². The van der Waals surface area contributed by atoms with Crippen molar-refractivity contribution in [3.05, 3.63) is 11.2 Å². The molecule has 1 aliphatic rings. The van der Waals surface area contributed by atoms with E-state index in [1.807, 2.05) is 19.0 Å².